The third-order valence-corrected chi connectivity index (χ3v) is 12.8. The largest absolute Gasteiger partial charge is 0.462 e. The fourth-order valence-electron chi connectivity index (χ4n) is 8.20. The summed E-state index contributed by atoms with van der Waals surface area (Å²) in [5.74, 6) is -0.936. The van der Waals surface area contributed by atoms with E-state index < -0.39 is 6.10 Å². The normalized spacial score (nSPS) is 13.0. The zero-order chi connectivity index (χ0) is 55.0. The van der Waals surface area contributed by atoms with E-state index in [0.717, 1.165) is 167 Å². The standard InChI is InChI=1S/C70H114O6/c1-4-7-10-13-16-19-22-25-27-29-30-31-32-33-34-35-36-37-38-39-40-41-43-45-48-51-54-57-60-63-69(72)75-66-67(65-74-68(71)62-59-56-53-50-47-44-24-21-18-15-12-9-6-3)76-70(73)64-61-58-55-52-49-46-42-28-26-23-20-17-14-11-8-5-2/h7,10,12,15-16,19-21,23-25,27-28,30-31,33-34,36-37,39-40,42,67H,4-6,8-9,11,13-14,17-18,22,26,29,32,35,38,41,43-66H2,1-3H3/b10-7-,15-12-,19-16-,23-20-,24-21-,27-25-,31-30-,34-33-,37-36-,40-39-,42-28-. The minimum Gasteiger partial charge on any atom is -0.462 e. The van der Waals surface area contributed by atoms with Crippen LogP contribution in [-0.4, -0.2) is 37.2 Å². The Bertz CT molecular complexity index is 1630. The lowest BCUT2D eigenvalue weighted by Crippen LogP contribution is -2.30. The lowest BCUT2D eigenvalue weighted by Gasteiger charge is -2.18. The molecule has 0 amide bonds. The van der Waals surface area contributed by atoms with E-state index in [9.17, 15) is 14.4 Å². The number of allylic oxidation sites excluding steroid dienone is 22. The van der Waals surface area contributed by atoms with Gasteiger partial charge in [-0.2, -0.15) is 0 Å². The maximum atomic E-state index is 12.9. The highest BCUT2D eigenvalue weighted by Crippen LogP contribution is 2.14. The molecule has 0 heterocycles. The predicted octanol–water partition coefficient (Wildman–Crippen LogP) is 21.4. The smallest absolute Gasteiger partial charge is 0.306 e. The van der Waals surface area contributed by atoms with Gasteiger partial charge < -0.3 is 14.2 Å². The van der Waals surface area contributed by atoms with Crippen molar-refractivity contribution in [2.45, 2.75) is 277 Å². The Morgan fingerprint density at radius 3 is 0.855 bits per heavy atom. The number of hydrogen-bond acceptors (Lipinski definition) is 6. The van der Waals surface area contributed by atoms with Gasteiger partial charge in [-0.25, -0.2) is 0 Å². The molecule has 0 rings (SSSR count). The minimum atomic E-state index is -0.801. The molecule has 0 aliphatic carbocycles. The van der Waals surface area contributed by atoms with Crippen LogP contribution in [0, 0.1) is 0 Å². The number of esters is 3. The van der Waals surface area contributed by atoms with E-state index in [1.807, 2.05) is 0 Å². The first kappa shape index (κ1) is 71.5. The summed E-state index contributed by atoms with van der Waals surface area (Å²) < 4.78 is 16.9. The molecule has 1 unspecified atom stereocenters. The lowest BCUT2D eigenvalue weighted by atomic mass is 10.1. The van der Waals surface area contributed by atoms with Crippen molar-refractivity contribution in [2.75, 3.05) is 13.2 Å². The van der Waals surface area contributed by atoms with Crippen molar-refractivity contribution in [3.05, 3.63) is 134 Å². The zero-order valence-corrected chi connectivity index (χ0v) is 49.2. The fourth-order valence-corrected chi connectivity index (χ4v) is 8.20. The molecule has 0 aromatic rings. The Labute approximate surface area is 468 Å². The van der Waals surface area contributed by atoms with E-state index in [0.29, 0.717) is 19.3 Å². The van der Waals surface area contributed by atoms with E-state index in [1.54, 1.807) is 0 Å². The van der Waals surface area contributed by atoms with Gasteiger partial charge in [0.2, 0.25) is 0 Å². The second-order valence-electron chi connectivity index (χ2n) is 20.2. The van der Waals surface area contributed by atoms with Gasteiger partial charge in [-0.1, -0.05) is 251 Å². The zero-order valence-electron chi connectivity index (χ0n) is 49.2. The van der Waals surface area contributed by atoms with Crippen molar-refractivity contribution in [2.24, 2.45) is 0 Å². The third kappa shape index (κ3) is 60.4. The fraction of sp³-hybridized carbons (Fsp3) is 0.643. The summed E-state index contributed by atoms with van der Waals surface area (Å²) in [5.41, 5.74) is 0. The second kappa shape index (κ2) is 63.1. The molecule has 0 radical (unpaired) electrons. The van der Waals surface area contributed by atoms with Crippen LogP contribution in [0.1, 0.15) is 271 Å². The summed E-state index contributed by atoms with van der Waals surface area (Å²) in [4.78, 5) is 38.2. The Morgan fingerprint density at radius 2 is 0.539 bits per heavy atom. The van der Waals surface area contributed by atoms with Crippen molar-refractivity contribution in [3.63, 3.8) is 0 Å². The molecule has 76 heavy (non-hydrogen) atoms. The summed E-state index contributed by atoms with van der Waals surface area (Å²) >= 11 is 0. The van der Waals surface area contributed by atoms with E-state index in [1.165, 1.54) is 64.2 Å². The Morgan fingerprint density at radius 1 is 0.276 bits per heavy atom. The molecule has 0 spiro atoms. The quantitative estimate of drug-likeness (QED) is 0.0261. The highest BCUT2D eigenvalue weighted by Gasteiger charge is 2.19. The number of carbonyl (C=O) groups excluding carboxylic acids is 3. The van der Waals surface area contributed by atoms with Crippen molar-refractivity contribution in [1.82, 2.24) is 0 Å². The Kier molecular flexibility index (Phi) is 59.4. The molecule has 0 aliphatic rings. The first-order valence-corrected chi connectivity index (χ1v) is 31.2. The van der Waals surface area contributed by atoms with Crippen molar-refractivity contribution >= 4 is 17.9 Å². The molecular weight excluding hydrogens is 937 g/mol. The number of rotatable bonds is 55. The van der Waals surface area contributed by atoms with E-state index in [-0.39, 0.29) is 31.1 Å². The van der Waals surface area contributed by atoms with Crippen LogP contribution in [-0.2, 0) is 28.6 Å². The summed E-state index contributed by atoms with van der Waals surface area (Å²) in [6.45, 7) is 6.41. The molecule has 0 fully saturated rings. The molecule has 0 aromatic carbocycles. The van der Waals surface area contributed by atoms with Crippen molar-refractivity contribution < 1.29 is 28.6 Å². The summed E-state index contributed by atoms with van der Waals surface area (Å²) in [6.07, 6.45) is 88.8. The van der Waals surface area contributed by atoms with Crippen LogP contribution in [0.5, 0.6) is 0 Å². The number of ether oxygens (including phenoxy) is 3. The van der Waals surface area contributed by atoms with Crippen LogP contribution in [0.3, 0.4) is 0 Å². The molecule has 6 nitrogen and oxygen atoms in total. The van der Waals surface area contributed by atoms with Crippen LogP contribution in [0.4, 0.5) is 0 Å². The van der Waals surface area contributed by atoms with Gasteiger partial charge in [0.15, 0.2) is 6.10 Å². The molecule has 0 saturated carbocycles. The van der Waals surface area contributed by atoms with E-state index in [2.05, 4.69) is 154 Å². The molecule has 1 atom stereocenters. The van der Waals surface area contributed by atoms with Gasteiger partial charge >= 0.3 is 17.9 Å². The molecule has 430 valence electrons. The summed E-state index contributed by atoms with van der Waals surface area (Å²) in [5, 5.41) is 0. The first-order chi connectivity index (χ1) is 37.5. The maximum Gasteiger partial charge on any atom is 0.306 e. The van der Waals surface area contributed by atoms with Crippen LogP contribution in [0.2, 0.25) is 0 Å². The number of carbonyl (C=O) groups is 3. The third-order valence-electron chi connectivity index (χ3n) is 12.8. The number of hydrogen-bond donors (Lipinski definition) is 0. The predicted molar refractivity (Wildman–Crippen MR) is 329 cm³/mol. The van der Waals surface area contributed by atoms with Crippen LogP contribution < -0.4 is 0 Å². The minimum absolute atomic E-state index is 0.0978. The van der Waals surface area contributed by atoms with Crippen LogP contribution >= 0.6 is 0 Å². The highest BCUT2D eigenvalue weighted by atomic mass is 16.6. The van der Waals surface area contributed by atoms with Crippen molar-refractivity contribution in [3.8, 4) is 0 Å². The average Bonchev–Trinajstić information content (AvgIpc) is 3.42. The van der Waals surface area contributed by atoms with Gasteiger partial charge in [0.05, 0.1) is 0 Å². The molecule has 6 heteroatoms. The van der Waals surface area contributed by atoms with Gasteiger partial charge in [0.25, 0.3) is 0 Å². The van der Waals surface area contributed by atoms with Gasteiger partial charge in [-0.05, 0) is 135 Å². The average molecular weight is 1050 g/mol. The summed E-state index contributed by atoms with van der Waals surface area (Å²) in [6, 6.07) is 0. The molecule has 0 aromatic heterocycles. The SMILES string of the molecule is CC/C=C\C/C=C\C/C=C\C/C=C\C/C=C\C/C=C\C/C=C\CCCCCCCCCC(=O)OCC(COC(=O)CCCCCCC/C=C\C/C=C\CCC)OC(=O)CCCCCCC/C=C\C/C=C\CCCCCC. The van der Waals surface area contributed by atoms with Gasteiger partial charge in [-0.3, -0.25) is 14.4 Å². The topological polar surface area (TPSA) is 78.9 Å². The van der Waals surface area contributed by atoms with Gasteiger partial charge in [0, 0.05) is 19.3 Å². The Hall–Kier alpha value is -4.45. The van der Waals surface area contributed by atoms with Crippen molar-refractivity contribution in [1.29, 1.82) is 0 Å². The van der Waals surface area contributed by atoms with E-state index >= 15 is 0 Å². The van der Waals surface area contributed by atoms with E-state index in [4.69, 9.17) is 14.2 Å². The summed E-state index contributed by atoms with van der Waals surface area (Å²) in [7, 11) is 0. The van der Waals surface area contributed by atoms with Crippen LogP contribution in [0.15, 0.2) is 134 Å². The van der Waals surface area contributed by atoms with Crippen LogP contribution in [0.25, 0.3) is 0 Å². The van der Waals surface area contributed by atoms with Gasteiger partial charge in [-0.15, -0.1) is 0 Å². The molecule has 0 aliphatic heterocycles. The Balaban J connectivity index is 4.36. The first-order valence-electron chi connectivity index (χ1n) is 31.2. The number of unbranched alkanes of at least 4 members (excludes halogenated alkanes) is 22. The molecular formula is C70H114O6. The van der Waals surface area contributed by atoms with Gasteiger partial charge in [0.1, 0.15) is 13.2 Å². The monoisotopic (exact) mass is 1050 g/mol. The molecule has 0 N–H and O–H groups in total. The molecule has 0 saturated heterocycles. The highest BCUT2D eigenvalue weighted by molar-refractivity contribution is 5.71. The second-order valence-corrected chi connectivity index (χ2v) is 20.2. The molecule has 0 bridgehead atoms. The lowest BCUT2D eigenvalue weighted by molar-refractivity contribution is -0.167. The maximum absolute atomic E-state index is 12.9.